The van der Waals surface area contributed by atoms with Crippen molar-refractivity contribution < 1.29 is 9.31 Å². The first-order valence-electron chi connectivity index (χ1n) is 10.0. The molecule has 5 nitrogen and oxygen atoms in total. The van der Waals surface area contributed by atoms with E-state index in [1.165, 1.54) is 12.3 Å². The van der Waals surface area contributed by atoms with Crippen molar-refractivity contribution in [2.45, 2.75) is 58.9 Å². The summed E-state index contributed by atoms with van der Waals surface area (Å²) < 4.78 is 14.9. The molecule has 3 rings (SSSR count). The maximum Gasteiger partial charge on any atom is 0.274 e. The first-order valence-corrected chi connectivity index (χ1v) is 10.0. The second-order valence-corrected chi connectivity index (χ2v) is 8.49. The lowest BCUT2D eigenvalue weighted by Crippen LogP contribution is -2.48. The number of hydrogen-bond acceptors (Lipinski definition) is 4. The summed E-state index contributed by atoms with van der Waals surface area (Å²) in [4.78, 5) is 17.3. The van der Waals surface area contributed by atoms with Crippen molar-refractivity contribution >= 4 is 23.3 Å². The number of rotatable bonds is 5. The van der Waals surface area contributed by atoms with Gasteiger partial charge in [0.05, 0.1) is 10.6 Å². The van der Waals surface area contributed by atoms with Crippen molar-refractivity contribution in [3.8, 4) is 0 Å². The molecule has 0 saturated heterocycles. The van der Waals surface area contributed by atoms with Crippen LogP contribution in [0.3, 0.4) is 0 Å². The second kappa shape index (κ2) is 7.93. The maximum atomic E-state index is 14.9. The largest absolute Gasteiger partial charge is 0.366 e. The van der Waals surface area contributed by atoms with Crippen LogP contribution in [0.15, 0.2) is 35.3 Å². The number of nitro benzene ring substituents is 1. The Labute approximate surface area is 171 Å². The molecule has 1 unspecified atom stereocenters. The standard InChI is InChI=1S/C23H28FN3O2/c1-6-9-26-22-12-20(24)17(10-19(22)16(3)13-23(26,4)5)14-25-18-8-7-15(2)21(11-18)27(28)29/h7-8,10-12,14,16H,6,9,13H2,1-5H3. The summed E-state index contributed by atoms with van der Waals surface area (Å²) in [5.41, 5.74) is 3.46. The molecule has 1 aliphatic rings. The Bertz CT molecular complexity index is 969. The van der Waals surface area contributed by atoms with E-state index in [4.69, 9.17) is 0 Å². The zero-order chi connectivity index (χ0) is 21.3. The Morgan fingerprint density at radius 3 is 2.72 bits per heavy atom. The quantitative estimate of drug-likeness (QED) is 0.338. The lowest BCUT2D eigenvalue weighted by atomic mass is 9.79. The molecule has 0 bridgehead atoms. The maximum absolute atomic E-state index is 14.9. The number of fused-ring (bicyclic) bond motifs is 1. The van der Waals surface area contributed by atoms with E-state index in [9.17, 15) is 14.5 Å². The predicted molar refractivity (Wildman–Crippen MR) is 116 cm³/mol. The van der Waals surface area contributed by atoms with Gasteiger partial charge in [-0.2, -0.15) is 0 Å². The highest BCUT2D eigenvalue weighted by atomic mass is 19.1. The Morgan fingerprint density at radius 1 is 1.34 bits per heavy atom. The van der Waals surface area contributed by atoms with Gasteiger partial charge in [-0.15, -0.1) is 0 Å². The third kappa shape index (κ3) is 4.16. The van der Waals surface area contributed by atoms with Crippen molar-refractivity contribution in [2.75, 3.05) is 11.4 Å². The lowest BCUT2D eigenvalue weighted by molar-refractivity contribution is -0.385. The molecular formula is C23H28FN3O2. The van der Waals surface area contributed by atoms with Crippen molar-refractivity contribution in [3.63, 3.8) is 0 Å². The van der Waals surface area contributed by atoms with Gasteiger partial charge in [-0.05, 0) is 63.3 Å². The number of hydrogen-bond donors (Lipinski definition) is 0. The molecule has 0 aliphatic carbocycles. The number of nitro groups is 1. The molecule has 0 N–H and O–H groups in total. The van der Waals surface area contributed by atoms with Crippen LogP contribution in [0.1, 0.15) is 63.1 Å². The van der Waals surface area contributed by atoms with Crippen LogP contribution in [-0.2, 0) is 0 Å². The molecule has 1 aliphatic heterocycles. The van der Waals surface area contributed by atoms with Crippen molar-refractivity contribution in [1.29, 1.82) is 0 Å². The van der Waals surface area contributed by atoms with Gasteiger partial charge in [0.15, 0.2) is 0 Å². The fraction of sp³-hybridized carbons (Fsp3) is 0.435. The van der Waals surface area contributed by atoms with Crippen LogP contribution in [0.2, 0.25) is 0 Å². The molecular weight excluding hydrogens is 369 g/mol. The topological polar surface area (TPSA) is 58.7 Å². The molecule has 2 aromatic rings. The highest BCUT2D eigenvalue weighted by Gasteiger charge is 2.36. The molecule has 0 aromatic heterocycles. The molecule has 2 aromatic carbocycles. The van der Waals surface area contributed by atoms with Crippen LogP contribution < -0.4 is 4.90 Å². The zero-order valence-corrected chi connectivity index (χ0v) is 17.7. The minimum atomic E-state index is -0.431. The first-order chi connectivity index (χ1) is 13.6. The van der Waals surface area contributed by atoms with Gasteiger partial charge in [-0.25, -0.2) is 4.39 Å². The van der Waals surface area contributed by atoms with Gasteiger partial charge in [0.2, 0.25) is 0 Å². The van der Waals surface area contributed by atoms with Gasteiger partial charge in [0.1, 0.15) is 5.82 Å². The molecule has 0 spiro atoms. The monoisotopic (exact) mass is 397 g/mol. The van der Waals surface area contributed by atoms with Crippen LogP contribution in [-0.4, -0.2) is 23.2 Å². The molecule has 6 heteroatoms. The molecule has 29 heavy (non-hydrogen) atoms. The van der Waals surface area contributed by atoms with Gasteiger partial charge in [0.25, 0.3) is 5.69 Å². The van der Waals surface area contributed by atoms with E-state index in [-0.39, 0.29) is 17.0 Å². The number of anilines is 1. The molecule has 1 atom stereocenters. The summed E-state index contributed by atoms with van der Waals surface area (Å²) in [7, 11) is 0. The highest BCUT2D eigenvalue weighted by Crippen LogP contribution is 2.44. The average molecular weight is 397 g/mol. The molecule has 0 fully saturated rings. The summed E-state index contributed by atoms with van der Waals surface area (Å²) in [5.74, 6) is -0.0265. The number of benzene rings is 2. The van der Waals surface area contributed by atoms with Gasteiger partial charge >= 0.3 is 0 Å². The molecule has 0 amide bonds. The number of aliphatic imine (C=N–C) groups is 1. The van der Waals surface area contributed by atoms with Crippen LogP contribution in [0.5, 0.6) is 0 Å². The van der Waals surface area contributed by atoms with Crippen LogP contribution in [0, 0.1) is 22.9 Å². The van der Waals surface area contributed by atoms with Gasteiger partial charge in [0, 0.05) is 41.2 Å². The summed E-state index contributed by atoms with van der Waals surface area (Å²) in [6, 6.07) is 8.25. The summed E-state index contributed by atoms with van der Waals surface area (Å²) in [6.45, 7) is 11.3. The number of nitrogens with zero attached hydrogens (tertiary/aromatic N) is 3. The first kappa shape index (κ1) is 21.0. The second-order valence-electron chi connectivity index (χ2n) is 8.49. The molecule has 0 radical (unpaired) electrons. The summed E-state index contributed by atoms with van der Waals surface area (Å²) >= 11 is 0. The van der Waals surface area contributed by atoms with E-state index in [0.717, 1.165) is 30.6 Å². The van der Waals surface area contributed by atoms with Crippen molar-refractivity contribution in [3.05, 3.63) is 63.0 Å². The number of aryl methyl sites for hydroxylation is 1. The normalized spacial score (nSPS) is 18.1. The summed E-state index contributed by atoms with van der Waals surface area (Å²) in [6.07, 6.45) is 3.45. The fourth-order valence-electron chi connectivity index (χ4n) is 4.29. The zero-order valence-electron chi connectivity index (χ0n) is 17.7. The van der Waals surface area contributed by atoms with Crippen molar-refractivity contribution in [1.82, 2.24) is 0 Å². The van der Waals surface area contributed by atoms with E-state index >= 15 is 0 Å². The smallest absolute Gasteiger partial charge is 0.274 e. The minimum absolute atomic E-state index is 0.0108. The van der Waals surface area contributed by atoms with E-state index < -0.39 is 4.92 Å². The fourth-order valence-corrected chi connectivity index (χ4v) is 4.29. The average Bonchev–Trinajstić information content (AvgIpc) is 2.64. The van der Waals surface area contributed by atoms with E-state index in [1.807, 2.05) is 6.07 Å². The van der Waals surface area contributed by atoms with Crippen LogP contribution in [0.25, 0.3) is 0 Å². The van der Waals surface area contributed by atoms with Gasteiger partial charge in [-0.1, -0.05) is 19.9 Å². The van der Waals surface area contributed by atoms with E-state index in [0.29, 0.717) is 22.7 Å². The van der Waals surface area contributed by atoms with Crippen molar-refractivity contribution in [2.24, 2.45) is 4.99 Å². The van der Waals surface area contributed by atoms with E-state index in [1.54, 1.807) is 25.1 Å². The Kier molecular flexibility index (Phi) is 5.73. The third-order valence-corrected chi connectivity index (χ3v) is 5.69. The van der Waals surface area contributed by atoms with Gasteiger partial charge in [-0.3, -0.25) is 15.1 Å². The Hall–Kier alpha value is -2.76. The van der Waals surface area contributed by atoms with Crippen LogP contribution >= 0.6 is 0 Å². The van der Waals surface area contributed by atoms with E-state index in [2.05, 4.69) is 37.6 Å². The lowest BCUT2D eigenvalue weighted by Gasteiger charge is -2.47. The molecule has 154 valence electrons. The Morgan fingerprint density at radius 2 is 2.07 bits per heavy atom. The van der Waals surface area contributed by atoms with Gasteiger partial charge < -0.3 is 4.90 Å². The summed E-state index contributed by atoms with van der Waals surface area (Å²) in [5, 5.41) is 11.1. The molecule has 0 saturated carbocycles. The predicted octanol–water partition coefficient (Wildman–Crippen LogP) is 6.30. The Balaban J connectivity index is 1.99. The highest BCUT2D eigenvalue weighted by molar-refractivity contribution is 5.84. The number of halogens is 1. The van der Waals surface area contributed by atoms with Crippen LogP contribution in [0.4, 0.5) is 21.5 Å². The molecule has 1 heterocycles. The third-order valence-electron chi connectivity index (χ3n) is 5.69. The SMILES string of the molecule is CCCN1c2cc(F)c(C=Nc3ccc(C)c([N+](=O)[O-])c3)cc2C(C)CC1(C)C. The minimum Gasteiger partial charge on any atom is -0.366 e.